The van der Waals surface area contributed by atoms with Gasteiger partial charge in [-0.2, -0.15) is 0 Å². The number of carbonyl (C=O) groups excluding carboxylic acids is 1. The lowest BCUT2D eigenvalue weighted by molar-refractivity contribution is -0.119. The summed E-state index contributed by atoms with van der Waals surface area (Å²) < 4.78 is 0. The van der Waals surface area contributed by atoms with Crippen molar-refractivity contribution in [1.29, 1.82) is 0 Å². The number of aliphatic hydroxyl groups is 2. The van der Waals surface area contributed by atoms with Crippen molar-refractivity contribution in [2.75, 3.05) is 19.6 Å². The minimum absolute atomic E-state index is 0.00771. The largest absolute Gasteiger partial charge is 0.393 e. The van der Waals surface area contributed by atoms with Crippen LogP contribution in [0, 0.1) is 0 Å². The zero-order valence-corrected chi connectivity index (χ0v) is 15.7. The number of hydrogen-bond acceptors (Lipinski definition) is 4. The first-order valence-electron chi connectivity index (χ1n) is 9.90. The molecule has 0 aromatic heterocycles. The van der Waals surface area contributed by atoms with Gasteiger partial charge in [-0.25, -0.2) is 0 Å². The summed E-state index contributed by atoms with van der Waals surface area (Å²) in [6, 6.07) is 10.6. The quantitative estimate of drug-likeness (QED) is 0.716. The lowest BCUT2D eigenvalue weighted by Crippen LogP contribution is -2.48. The molecule has 1 aromatic rings. The highest BCUT2D eigenvalue weighted by molar-refractivity contribution is 5.73. The Morgan fingerprint density at radius 1 is 1.12 bits per heavy atom. The molecule has 26 heavy (non-hydrogen) atoms. The van der Waals surface area contributed by atoms with E-state index in [0.29, 0.717) is 6.54 Å². The van der Waals surface area contributed by atoms with Gasteiger partial charge in [-0.1, -0.05) is 30.3 Å². The van der Waals surface area contributed by atoms with Crippen molar-refractivity contribution in [2.45, 2.75) is 69.1 Å². The minimum Gasteiger partial charge on any atom is -0.393 e. The first kappa shape index (κ1) is 19.3. The molecule has 1 aliphatic carbocycles. The lowest BCUT2D eigenvalue weighted by atomic mass is 9.74. The van der Waals surface area contributed by atoms with E-state index in [9.17, 15) is 15.0 Å². The van der Waals surface area contributed by atoms with Crippen LogP contribution in [0.4, 0.5) is 0 Å². The Balaban J connectivity index is 1.78. The van der Waals surface area contributed by atoms with Gasteiger partial charge < -0.3 is 15.5 Å². The maximum atomic E-state index is 11.6. The van der Waals surface area contributed by atoms with Crippen LogP contribution in [0.15, 0.2) is 30.3 Å². The van der Waals surface area contributed by atoms with Crippen molar-refractivity contribution >= 4 is 5.91 Å². The fourth-order valence-electron chi connectivity index (χ4n) is 4.65. The van der Waals surface area contributed by atoms with E-state index in [-0.39, 0.29) is 29.6 Å². The normalized spacial score (nSPS) is 31.3. The van der Waals surface area contributed by atoms with Crippen LogP contribution in [-0.4, -0.2) is 58.9 Å². The van der Waals surface area contributed by atoms with Gasteiger partial charge in [0, 0.05) is 38.0 Å². The predicted molar refractivity (Wildman–Crippen MR) is 102 cm³/mol. The number of rotatable bonds is 4. The smallest absolute Gasteiger partial charge is 0.216 e. The third kappa shape index (κ3) is 4.45. The molecule has 0 bridgehead atoms. The van der Waals surface area contributed by atoms with Crippen molar-refractivity contribution in [1.82, 2.24) is 10.2 Å². The van der Waals surface area contributed by atoms with Crippen LogP contribution >= 0.6 is 0 Å². The summed E-state index contributed by atoms with van der Waals surface area (Å²) in [6.45, 7) is 3.89. The maximum absolute atomic E-state index is 11.6. The van der Waals surface area contributed by atoms with Gasteiger partial charge in [0.2, 0.25) is 5.91 Å². The highest BCUT2D eigenvalue weighted by Crippen LogP contribution is 2.39. The number of hydrogen-bond donors (Lipinski definition) is 3. The monoisotopic (exact) mass is 360 g/mol. The molecular formula is C21H32N2O3. The second kappa shape index (κ2) is 8.51. The summed E-state index contributed by atoms with van der Waals surface area (Å²) in [7, 11) is 0. The molecule has 3 N–H and O–H groups in total. The summed E-state index contributed by atoms with van der Waals surface area (Å²) in [4.78, 5) is 13.9. The molecule has 1 amide bonds. The minimum atomic E-state index is -0.354. The van der Waals surface area contributed by atoms with Crippen LogP contribution in [-0.2, 0) is 10.2 Å². The van der Waals surface area contributed by atoms with E-state index < -0.39 is 0 Å². The van der Waals surface area contributed by atoms with Gasteiger partial charge in [0.05, 0.1) is 12.2 Å². The Kier molecular flexibility index (Phi) is 6.33. The van der Waals surface area contributed by atoms with Gasteiger partial charge in [0.25, 0.3) is 0 Å². The number of likely N-dealkylation sites (tertiary alicyclic amines) is 1. The molecule has 2 aliphatic rings. The van der Waals surface area contributed by atoms with Crippen LogP contribution in [0.3, 0.4) is 0 Å². The molecule has 1 saturated carbocycles. The lowest BCUT2D eigenvalue weighted by Gasteiger charge is -2.38. The Morgan fingerprint density at radius 2 is 1.77 bits per heavy atom. The molecule has 5 heteroatoms. The number of nitrogens with one attached hydrogen (secondary N) is 1. The number of piperidine rings is 1. The average Bonchev–Trinajstić information content (AvgIpc) is 2.82. The second-order valence-corrected chi connectivity index (χ2v) is 8.04. The fraction of sp³-hybridized carbons (Fsp3) is 0.667. The Bertz CT molecular complexity index is 586. The fourth-order valence-corrected chi connectivity index (χ4v) is 4.65. The van der Waals surface area contributed by atoms with E-state index in [0.717, 1.165) is 51.6 Å². The predicted octanol–water partition coefficient (Wildman–Crippen LogP) is 1.82. The third-order valence-corrected chi connectivity index (χ3v) is 6.31. The van der Waals surface area contributed by atoms with Crippen molar-refractivity contribution in [3.05, 3.63) is 35.9 Å². The average molecular weight is 360 g/mol. The summed E-state index contributed by atoms with van der Waals surface area (Å²) >= 11 is 0. The van der Waals surface area contributed by atoms with Gasteiger partial charge >= 0.3 is 0 Å². The number of aliphatic hydroxyl groups excluding tert-OH is 2. The van der Waals surface area contributed by atoms with E-state index in [2.05, 4.69) is 34.5 Å². The molecule has 2 fully saturated rings. The first-order valence-corrected chi connectivity index (χ1v) is 9.90. The van der Waals surface area contributed by atoms with Crippen molar-refractivity contribution in [2.24, 2.45) is 0 Å². The van der Waals surface area contributed by atoms with E-state index in [1.54, 1.807) is 6.92 Å². The van der Waals surface area contributed by atoms with Crippen LogP contribution in [0.25, 0.3) is 0 Å². The molecule has 0 spiro atoms. The molecule has 3 atom stereocenters. The van der Waals surface area contributed by atoms with Gasteiger partial charge in [0.15, 0.2) is 0 Å². The Labute approximate surface area is 156 Å². The summed E-state index contributed by atoms with van der Waals surface area (Å²) in [5.41, 5.74) is 1.12. The molecule has 1 saturated heterocycles. The van der Waals surface area contributed by atoms with Crippen molar-refractivity contribution in [3.8, 4) is 0 Å². The summed E-state index contributed by atoms with van der Waals surface area (Å²) in [5.74, 6) is -0.00771. The summed E-state index contributed by atoms with van der Waals surface area (Å²) in [5, 5.41) is 23.6. The van der Waals surface area contributed by atoms with Gasteiger partial charge in [0.1, 0.15) is 0 Å². The molecule has 1 heterocycles. The third-order valence-electron chi connectivity index (χ3n) is 6.31. The molecule has 1 aromatic carbocycles. The van der Waals surface area contributed by atoms with Crippen molar-refractivity contribution in [3.63, 3.8) is 0 Å². The molecular weight excluding hydrogens is 328 g/mol. The second-order valence-electron chi connectivity index (χ2n) is 8.04. The Morgan fingerprint density at radius 3 is 2.42 bits per heavy atom. The SMILES string of the molecule is CC(=O)NC[C@@]1(c2ccccc2)CC[C@H](O)[C@@H](N2CCC(O)CC2)CC1. The van der Waals surface area contributed by atoms with Crippen molar-refractivity contribution < 1.29 is 15.0 Å². The van der Waals surface area contributed by atoms with Crippen LogP contribution < -0.4 is 5.32 Å². The van der Waals surface area contributed by atoms with Gasteiger partial charge in [-0.05, 0) is 44.1 Å². The molecule has 1 aliphatic heterocycles. The Hall–Kier alpha value is -1.43. The van der Waals surface area contributed by atoms with E-state index in [4.69, 9.17) is 0 Å². The molecule has 144 valence electrons. The van der Waals surface area contributed by atoms with Gasteiger partial charge in [-0.15, -0.1) is 0 Å². The molecule has 3 rings (SSSR count). The van der Waals surface area contributed by atoms with E-state index in [1.807, 2.05) is 6.07 Å². The topological polar surface area (TPSA) is 72.8 Å². The van der Waals surface area contributed by atoms with Crippen LogP contribution in [0.5, 0.6) is 0 Å². The van der Waals surface area contributed by atoms with Crippen LogP contribution in [0.1, 0.15) is 51.0 Å². The van der Waals surface area contributed by atoms with E-state index >= 15 is 0 Å². The highest BCUT2D eigenvalue weighted by atomic mass is 16.3. The number of benzene rings is 1. The highest BCUT2D eigenvalue weighted by Gasteiger charge is 2.40. The standard InChI is InChI=1S/C21H32N2O3/c1-16(24)22-15-21(17-5-3-2-4-6-17)11-7-19(20(26)8-12-21)23-13-9-18(25)10-14-23/h2-6,18-20,25-26H,7-15H2,1H3,(H,22,24)/t19-,20-,21-/m0/s1. The summed E-state index contributed by atoms with van der Waals surface area (Å²) in [6.07, 6.45) is 4.48. The molecule has 0 unspecified atom stereocenters. The van der Waals surface area contributed by atoms with Crippen LogP contribution in [0.2, 0.25) is 0 Å². The zero-order chi connectivity index (χ0) is 18.6. The van der Waals surface area contributed by atoms with Gasteiger partial charge in [-0.3, -0.25) is 9.69 Å². The zero-order valence-electron chi connectivity index (χ0n) is 15.7. The molecule has 5 nitrogen and oxygen atoms in total. The number of carbonyl (C=O) groups is 1. The van der Waals surface area contributed by atoms with E-state index in [1.165, 1.54) is 5.56 Å². The maximum Gasteiger partial charge on any atom is 0.216 e. The first-order chi connectivity index (χ1) is 12.5. The number of nitrogens with zero attached hydrogens (tertiary/aromatic N) is 1. The molecule has 0 radical (unpaired) electrons. The number of amides is 1.